The lowest BCUT2D eigenvalue weighted by atomic mass is 10.1. The number of ether oxygens (including phenoxy) is 3. The third kappa shape index (κ3) is 5.91. The Balaban J connectivity index is 2.57. The summed E-state index contributed by atoms with van der Waals surface area (Å²) >= 11 is 0. The minimum atomic E-state index is -0.110. The second-order valence-corrected chi connectivity index (χ2v) is 4.80. The van der Waals surface area contributed by atoms with Crippen LogP contribution in [0.2, 0.25) is 0 Å². The monoisotopic (exact) mass is 310 g/mol. The molecule has 1 amide bonds. The van der Waals surface area contributed by atoms with Crippen molar-refractivity contribution in [2.75, 3.05) is 40.5 Å². The first-order valence-corrected chi connectivity index (χ1v) is 7.42. The molecular weight excluding hydrogens is 284 g/mol. The Hall–Kier alpha value is -1.79. The van der Waals surface area contributed by atoms with E-state index in [1.807, 2.05) is 32.0 Å². The lowest BCUT2D eigenvalue weighted by Gasteiger charge is -2.17. The van der Waals surface area contributed by atoms with E-state index < -0.39 is 0 Å². The smallest absolute Gasteiger partial charge is 0.234 e. The van der Waals surface area contributed by atoms with Crippen LogP contribution < -0.4 is 20.1 Å². The molecule has 0 fully saturated rings. The van der Waals surface area contributed by atoms with E-state index in [1.165, 1.54) is 0 Å². The van der Waals surface area contributed by atoms with Crippen molar-refractivity contribution in [2.45, 2.75) is 19.9 Å². The predicted octanol–water partition coefficient (Wildman–Crippen LogP) is 1.51. The van der Waals surface area contributed by atoms with Crippen LogP contribution in [-0.4, -0.2) is 46.4 Å². The van der Waals surface area contributed by atoms with Gasteiger partial charge >= 0.3 is 0 Å². The van der Waals surface area contributed by atoms with Gasteiger partial charge in [-0.25, -0.2) is 0 Å². The zero-order valence-electron chi connectivity index (χ0n) is 13.8. The predicted molar refractivity (Wildman–Crippen MR) is 85.5 cm³/mol. The second-order valence-electron chi connectivity index (χ2n) is 4.80. The fourth-order valence-corrected chi connectivity index (χ4v) is 1.98. The number of amides is 1. The van der Waals surface area contributed by atoms with E-state index in [2.05, 4.69) is 10.6 Å². The molecule has 1 aromatic rings. The molecular formula is C16H26N2O4. The van der Waals surface area contributed by atoms with Crippen molar-refractivity contribution in [3.63, 3.8) is 0 Å². The second kappa shape index (κ2) is 10.0. The minimum Gasteiger partial charge on any atom is -0.493 e. The van der Waals surface area contributed by atoms with Crippen LogP contribution >= 0.6 is 0 Å². The summed E-state index contributed by atoms with van der Waals surface area (Å²) in [6, 6.07) is 5.56. The summed E-state index contributed by atoms with van der Waals surface area (Å²) in [4.78, 5) is 11.8. The molecule has 1 unspecified atom stereocenters. The molecule has 6 nitrogen and oxygen atoms in total. The topological polar surface area (TPSA) is 68.8 Å². The lowest BCUT2D eigenvalue weighted by Crippen LogP contribution is -2.36. The van der Waals surface area contributed by atoms with Gasteiger partial charge in [-0.05, 0) is 31.5 Å². The van der Waals surface area contributed by atoms with E-state index in [9.17, 15) is 4.79 Å². The first-order valence-electron chi connectivity index (χ1n) is 7.42. The van der Waals surface area contributed by atoms with Gasteiger partial charge in [0.15, 0.2) is 11.5 Å². The molecule has 0 radical (unpaired) electrons. The summed E-state index contributed by atoms with van der Waals surface area (Å²) in [5, 5.41) is 5.95. The summed E-state index contributed by atoms with van der Waals surface area (Å²) in [7, 11) is 3.23. The minimum absolute atomic E-state index is 0.0588. The summed E-state index contributed by atoms with van der Waals surface area (Å²) in [5.41, 5.74) is 0.963. The largest absolute Gasteiger partial charge is 0.493 e. The normalized spacial score (nSPS) is 11.8. The Morgan fingerprint density at radius 3 is 2.68 bits per heavy atom. The van der Waals surface area contributed by atoms with Crippen LogP contribution in [0.15, 0.2) is 18.2 Å². The Kier molecular flexibility index (Phi) is 8.32. The molecule has 22 heavy (non-hydrogen) atoms. The highest BCUT2D eigenvalue weighted by molar-refractivity contribution is 5.78. The van der Waals surface area contributed by atoms with Crippen molar-refractivity contribution in [3.8, 4) is 11.5 Å². The van der Waals surface area contributed by atoms with E-state index in [0.717, 1.165) is 5.56 Å². The number of hydrogen-bond acceptors (Lipinski definition) is 5. The number of methoxy groups -OCH3 is 2. The highest BCUT2D eigenvalue weighted by Crippen LogP contribution is 2.30. The average Bonchev–Trinajstić information content (AvgIpc) is 2.52. The molecule has 0 saturated heterocycles. The molecule has 0 aromatic heterocycles. The molecule has 1 rings (SSSR count). The zero-order chi connectivity index (χ0) is 16.4. The summed E-state index contributed by atoms with van der Waals surface area (Å²) in [6.45, 7) is 5.93. The fraction of sp³-hybridized carbons (Fsp3) is 0.562. The Morgan fingerprint density at radius 1 is 1.27 bits per heavy atom. The van der Waals surface area contributed by atoms with Gasteiger partial charge in [0.2, 0.25) is 5.91 Å². The van der Waals surface area contributed by atoms with Gasteiger partial charge in [0.05, 0.1) is 32.9 Å². The number of benzene rings is 1. The van der Waals surface area contributed by atoms with Gasteiger partial charge in [-0.1, -0.05) is 6.07 Å². The molecule has 0 spiro atoms. The van der Waals surface area contributed by atoms with Crippen molar-refractivity contribution < 1.29 is 19.0 Å². The van der Waals surface area contributed by atoms with Crippen molar-refractivity contribution >= 4 is 5.91 Å². The Morgan fingerprint density at radius 2 is 2.05 bits per heavy atom. The number of carbonyl (C=O) groups is 1. The summed E-state index contributed by atoms with van der Waals surface area (Å²) in [6.07, 6.45) is 0. The summed E-state index contributed by atoms with van der Waals surface area (Å²) < 4.78 is 15.7. The van der Waals surface area contributed by atoms with Crippen LogP contribution in [0.3, 0.4) is 0 Å². The van der Waals surface area contributed by atoms with Gasteiger partial charge in [0.1, 0.15) is 0 Å². The van der Waals surface area contributed by atoms with Gasteiger partial charge in [0, 0.05) is 13.7 Å². The van der Waals surface area contributed by atoms with Gasteiger partial charge in [0.25, 0.3) is 0 Å². The molecule has 0 aliphatic heterocycles. The highest BCUT2D eigenvalue weighted by atomic mass is 16.5. The SMILES string of the molecule is CCOc1ccc(C(C)NC(=O)CNCCOC)cc1OC. The van der Waals surface area contributed by atoms with E-state index in [1.54, 1.807) is 14.2 Å². The average molecular weight is 310 g/mol. The summed E-state index contributed by atoms with van der Waals surface area (Å²) in [5.74, 6) is 1.31. The van der Waals surface area contributed by atoms with Crippen molar-refractivity contribution in [1.82, 2.24) is 10.6 Å². The number of rotatable bonds is 10. The Labute approximate surface area is 132 Å². The van der Waals surface area contributed by atoms with Crippen LogP contribution in [0, 0.1) is 0 Å². The Bertz CT molecular complexity index is 465. The van der Waals surface area contributed by atoms with E-state index in [0.29, 0.717) is 31.3 Å². The van der Waals surface area contributed by atoms with Gasteiger partial charge < -0.3 is 24.8 Å². The van der Waals surface area contributed by atoms with E-state index >= 15 is 0 Å². The molecule has 1 atom stereocenters. The van der Waals surface area contributed by atoms with Gasteiger partial charge in [-0.15, -0.1) is 0 Å². The molecule has 0 saturated carbocycles. The van der Waals surface area contributed by atoms with E-state index in [4.69, 9.17) is 14.2 Å². The third-order valence-corrected chi connectivity index (χ3v) is 3.13. The molecule has 124 valence electrons. The maximum Gasteiger partial charge on any atom is 0.234 e. The van der Waals surface area contributed by atoms with Crippen LogP contribution in [0.5, 0.6) is 11.5 Å². The van der Waals surface area contributed by atoms with Crippen LogP contribution in [0.4, 0.5) is 0 Å². The van der Waals surface area contributed by atoms with Crippen LogP contribution in [-0.2, 0) is 9.53 Å². The van der Waals surface area contributed by atoms with Crippen LogP contribution in [0.1, 0.15) is 25.5 Å². The van der Waals surface area contributed by atoms with E-state index in [-0.39, 0.29) is 18.5 Å². The zero-order valence-corrected chi connectivity index (χ0v) is 13.8. The van der Waals surface area contributed by atoms with Gasteiger partial charge in [-0.2, -0.15) is 0 Å². The molecule has 0 bridgehead atoms. The third-order valence-electron chi connectivity index (χ3n) is 3.13. The molecule has 0 aliphatic carbocycles. The molecule has 1 aromatic carbocycles. The van der Waals surface area contributed by atoms with Crippen molar-refractivity contribution in [2.24, 2.45) is 0 Å². The quantitative estimate of drug-likeness (QED) is 0.641. The first-order chi connectivity index (χ1) is 10.6. The molecule has 0 aliphatic rings. The number of hydrogen-bond donors (Lipinski definition) is 2. The standard InChI is InChI=1S/C16H26N2O4/c1-5-22-14-7-6-13(10-15(14)21-4)12(2)18-16(19)11-17-8-9-20-3/h6-7,10,12,17H,5,8-9,11H2,1-4H3,(H,18,19). The van der Waals surface area contributed by atoms with Crippen LogP contribution in [0.25, 0.3) is 0 Å². The molecule has 2 N–H and O–H groups in total. The lowest BCUT2D eigenvalue weighted by molar-refractivity contribution is -0.120. The van der Waals surface area contributed by atoms with Gasteiger partial charge in [-0.3, -0.25) is 4.79 Å². The number of carbonyl (C=O) groups excluding carboxylic acids is 1. The maximum absolute atomic E-state index is 11.8. The van der Waals surface area contributed by atoms with Crippen molar-refractivity contribution in [3.05, 3.63) is 23.8 Å². The maximum atomic E-state index is 11.8. The number of nitrogens with one attached hydrogen (secondary N) is 2. The fourth-order valence-electron chi connectivity index (χ4n) is 1.98. The first kappa shape index (κ1) is 18.3. The molecule has 0 heterocycles. The van der Waals surface area contributed by atoms with Crippen molar-refractivity contribution in [1.29, 1.82) is 0 Å². The highest BCUT2D eigenvalue weighted by Gasteiger charge is 2.12. The molecule has 6 heteroatoms.